The van der Waals surface area contributed by atoms with Gasteiger partial charge in [0.2, 0.25) is 0 Å². The van der Waals surface area contributed by atoms with Crippen LogP contribution in [0.5, 0.6) is 0 Å². The molecule has 5 nitrogen and oxygen atoms in total. The molecule has 0 aliphatic carbocycles. The van der Waals surface area contributed by atoms with Crippen molar-refractivity contribution in [1.82, 2.24) is 9.88 Å². The minimum absolute atomic E-state index is 0.194. The second-order valence-corrected chi connectivity index (χ2v) is 10.6. The Morgan fingerprint density at radius 3 is 2.43 bits per heavy atom. The molecule has 2 amide bonds. The maximum atomic E-state index is 13.7. The van der Waals surface area contributed by atoms with Gasteiger partial charge in [-0.2, -0.15) is 0 Å². The summed E-state index contributed by atoms with van der Waals surface area (Å²) in [4.78, 5) is 21.1. The number of nitrogens with zero attached hydrogens (tertiary/aromatic N) is 2. The summed E-state index contributed by atoms with van der Waals surface area (Å²) in [6.07, 6.45) is 7.92. The first kappa shape index (κ1) is 26.9. The van der Waals surface area contributed by atoms with Crippen molar-refractivity contribution in [2.45, 2.75) is 44.2 Å². The third-order valence-electron chi connectivity index (χ3n) is 6.16. The van der Waals surface area contributed by atoms with Crippen LogP contribution in [0.15, 0.2) is 75.0 Å². The summed E-state index contributed by atoms with van der Waals surface area (Å²) in [6.45, 7) is 8.87. The van der Waals surface area contributed by atoms with Gasteiger partial charge in [0.1, 0.15) is 16.4 Å². The van der Waals surface area contributed by atoms with E-state index in [1.54, 1.807) is 16.7 Å². The highest BCUT2D eigenvalue weighted by Gasteiger charge is 2.23. The predicted molar refractivity (Wildman–Crippen MR) is 158 cm³/mol. The highest BCUT2D eigenvalue weighted by molar-refractivity contribution is 7.99. The van der Waals surface area contributed by atoms with Gasteiger partial charge in [-0.25, -0.2) is 9.78 Å². The fourth-order valence-electron chi connectivity index (χ4n) is 4.26. The number of allylic oxidation sites excluding steroid dienone is 1. The summed E-state index contributed by atoms with van der Waals surface area (Å²) < 4.78 is 6.39. The van der Waals surface area contributed by atoms with E-state index in [0.29, 0.717) is 13.1 Å². The molecule has 0 aliphatic heterocycles. The number of hydrogen-bond donors (Lipinski definition) is 1. The molecule has 4 rings (SSSR count). The molecule has 2 aromatic heterocycles. The number of anilines is 1. The van der Waals surface area contributed by atoms with Gasteiger partial charge in [-0.3, -0.25) is 0 Å². The molecule has 0 saturated heterocycles. The summed E-state index contributed by atoms with van der Waals surface area (Å²) in [5, 5.41) is 5.02. The number of thioether (sulfide) groups is 2. The maximum absolute atomic E-state index is 13.7. The summed E-state index contributed by atoms with van der Waals surface area (Å²) in [5.74, 6) is 0.765. The third kappa shape index (κ3) is 6.05. The third-order valence-corrected chi connectivity index (χ3v) is 7.61. The van der Waals surface area contributed by atoms with Gasteiger partial charge < -0.3 is 14.6 Å². The van der Waals surface area contributed by atoms with E-state index in [-0.39, 0.29) is 6.03 Å². The molecule has 0 unspecified atom stereocenters. The number of hydrogen-bond acceptors (Lipinski definition) is 5. The number of aryl methyl sites for hydroxylation is 3. The quantitative estimate of drug-likeness (QED) is 0.182. The number of amides is 2. The molecule has 0 saturated carbocycles. The SMILES string of the molecule is C/C=C/CN(Cc1oc2ccc(C)cc2c1-c1ccc(C)cc1)C(=O)Nc1c(SC)cc(C)nc1SC. The molecule has 2 aromatic carbocycles. The molecule has 192 valence electrons. The van der Waals surface area contributed by atoms with Crippen molar-refractivity contribution < 1.29 is 9.21 Å². The Bertz CT molecular complexity index is 1420. The zero-order valence-corrected chi connectivity index (χ0v) is 23.8. The molecule has 0 fully saturated rings. The second kappa shape index (κ2) is 11.9. The number of urea groups is 1. The van der Waals surface area contributed by atoms with E-state index < -0.39 is 0 Å². The summed E-state index contributed by atoms with van der Waals surface area (Å²) in [6, 6.07) is 16.5. The Balaban J connectivity index is 1.75. The number of rotatable bonds is 8. The van der Waals surface area contributed by atoms with Gasteiger partial charge in [0.25, 0.3) is 0 Å². The molecule has 0 radical (unpaired) electrons. The number of carbonyl (C=O) groups is 1. The van der Waals surface area contributed by atoms with Crippen LogP contribution < -0.4 is 5.32 Å². The predicted octanol–water partition coefficient (Wildman–Crippen LogP) is 8.47. The van der Waals surface area contributed by atoms with Crippen molar-refractivity contribution in [2.75, 3.05) is 24.4 Å². The Morgan fingerprint density at radius 2 is 1.76 bits per heavy atom. The van der Waals surface area contributed by atoms with Crippen molar-refractivity contribution in [2.24, 2.45) is 0 Å². The molecule has 0 spiro atoms. The van der Waals surface area contributed by atoms with Crippen molar-refractivity contribution >= 4 is 46.2 Å². The lowest BCUT2D eigenvalue weighted by Crippen LogP contribution is -2.35. The van der Waals surface area contributed by atoms with Gasteiger partial charge >= 0.3 is 6.03 Å². The number of aromatic nitrogens is 1. The number of pyridine rings is 1. The molecule has 7 heteroatoms. The zero-order chi connectivity index (χ0) is 26.5. The van der Waals surface area contributed by atoms with Crippen molar-refractivity contribution in [1.29, 1.82) is 0 Å². The fraction of sp³-hybridized carbons (Fsp3) is 0.267. The monoisotopic (exact) mass is 531 g/mol. The molecular weight excluding hydrogens is 498 g/mol. The van der Waals surface area contributed by atoms with E-state index in [9.17, 15) is 4.79 Å². The van der Waals surface area contributed by atoms with Gasteiger partial charge in [-0.15, -0.1) is 23.5 Å². The molecular formula is C30H33N3O2S2. The number of carbonyl (C=O) groups excluding carboxylic acids is 1. The summed E-state index contributed by atoms with van der Waals surface area (Å²) in [5.41, 5.74) is 6.97. The molecule has 2 heterocycles. The van der Waals surface area contributed by atoms with Crippen LogP contribution in [0, 0.1) is 20.8 Å². The van der Waals surface area contributed by atoms with E-state index in [1.807, 2.05) is 50.6 Å². The van der Waals surface area contributed by atoms with Crippen LogP contribution in [0.2, 0.25) is 0 Å². The van der Waals surface area contributed by atoms with Crippen LogP contribution in [0.25, 0.3) is 22.1 Å². The minimum Gasteiger partial charge on any atom is -0.459 e. The lowest BCUT2D eigenvalue weighted by Gasteiger charge is -2.23. The largest absolute Gasteiger partial charge is 0.459 e. The number of fused-ring (bicyclic) bond motifs is 1. The van der Waals surface area contributed by atoms with Crippen LogP contribution in [0.1, 0.15) is 29.5 Å². The molecule has 4 aromatic rings. The van der Waals surface area contributed by atoms with Crippen LogP contribution in [-0.2, 0) is 6.54 Å². The standard InChI is InChI=1S/C30H33N3O2S2/c1-7-8-15-33(30(34)32-28-26(36-5)17-21(4)31-29(28)37-6)18-25-27(22-12-9-19(2)10-13-22)23-16-20(3)11-14-24(23)35-25/h7-14,16-17H,15,18H2,1-6H3,(H,32,34)/b8-7+. The van der Waals surface area contributed by atoms with E-state index in [1.165, 1.54) is 17.3 Å². The topological polar surface area (TPSA) is 58.4 Å². The molecule has 0 atom stereocenters. The number of benzene rings is 2. The Hall–Kier alpha value is -3.16. The normalized spacial score (nSPS) is 11.4. The second-order valence-electron chi connectivity index (χ2n) is 9.00. The Labute approximate surface area is 227 Å². The van der Waals surface area contributed by atoms with E-state index in [4.69, 9.17) is 4.42 Å². The van der Waals surface area contributed by atoms with E-state index >= 15 is 0 Å². The van der Waals surface area contributed by atoms with Gasteiger partial charge in [0, 0.05) is 28.1 Å². The van der Waals surface area contributed by atoms with E-state index in [2.05, 4.69) is 60.5 Å². The maximum Gasteiger partial charge on any atom is 0.322 e. The molecule has 1 N–H and O–H groups in total. The number of nitrogens with one attached hydrogen (secondary N) is 1. The van der Waals surface area contributed by atoms with Crippen molar-refractivity contribution in [3.63, 3.8) is 0 Å². The highest BCUT2D eigenvalue weighted by Crippen LogP contribution is 2.37. The highest BCUT2D eigenvalue weighted by atomic mass is 32.2. The average molecular weight is 532 g/mol. The molecule has 37 heavy (non-hydrogen) atoms. The van der Waals surface area contributed by atoms with Gasteiger partial charge in [0.15, 0.2) is 0 Å². The van der Waals surface area contributed by atoms with Gasteiger partial charge in [-0.05, 0) is 64.0 Å². The van der Waals surface area contributed by atoms with Crippen LogP contribution in [0.4, 0.5) is 10.5 Å². The fourth-order valence-corrected chi connectivity index (χ4v) is 5.57. The lowest BCUT2D eigenvalue weighted by molar-refractivity contribution is 0.211. The lowest BCUT2D eigenvalue weighted by atomic mass is 9.99. The molecule has 0 aliphatic rings. The van der Waals surface area contributed by atoms with E-state index in [0.717, 1.165) is 54.7 Å². The Morgan fingerprint density at radius 1 is 1.03 bits per heavy atom. The molecule has 0 bridgehead atoms. The first-order valence-electron chi connectivity index (χ1n) is 12.2. The first-order chi connectivity index (χ1) is 17.8. The van der Waals surface area contributed by atoms with Crippen LogP contribution >= 0.6 is 23.5 Å². The zero-order valence-electron chi connectivity index (χ0n) is 22.2. The first-order valence-corrected chi connectivity index (χ1v) is 14.6. The minimum atomic E-state index is -0.194. The van der Waals surface area contributed by atoms with Crippen LogP contribution in [0.3, 0.4) is 0 Å². The summed E-state index contributed by atoms with van der Waals surface area (Å²) in [7, 11) is 0. The smallest absolute Gasteiger partial charge is 0.322 e. The van der Waals surface area contributed by atoms with Crippen molar-refractivity contribution in [3.8, 4) is 11.1 Å². The van der Waals surface area contributed by atoms with Gasteiger partial charge in [-0.1, -0.05) is 53.6 Å². The van der Waals surface area contributed by atoms with Crippen molar-refractivity contribution in [3.05, 3.63) is 83.3 Å². The van der Waals surface area contributed by atoms with Gasteiger partial charge in [0.05, 0.1) is 12.2 Å². The van der Waals surface area contributed by atoms with Crippen LogP contribution in [-0.4, -0.2) is 35.0 Å². The summed E-state index contributed by atoms with van der Waals surface area (Å²) >= 11 is 3.13. The Kier molecular flexibility index (Phi) is 8.67. The average Bonchev–Trinajstić information content (AvgIpc) is 3.24. The number of furan rings is 1.